The summed E-state index contributed by atoms with van der Waals surface area (Å²) in [6, 6.07) is 5.16. The Kier molecular flexibility index (Phi) is 7.00. The summed E-state index contributed by atoms with van der Waals surface area (Å²) >= 11 is 13.0. The van der Waals surface area contributed by atoms with Crippen LogP contribution in [0.25, 0.3) is 0 Å². The quantitative estimate of drug-likeness (QED) is 0.634. The summed E-state index contributed by atoms with van der Waals surface area (Å²) in [5.41, 5.74) is 0.615. The minimum atomic E-state index is -0.360. The molecule has 6 heteroatoms. The Morgan fingerprint density at radius 2 is 1.95 bits per heavy atom. The minimum absolute atomic E-state index is 0.0620. The molecule has 0 saturated heterocycles. The summed E-state index contributed by atoms with van der Waals surface area (Å²) in [4.78, 5) is 11.9. The van der Waals surface area contributed by atoms with Gasteiger partial charge < -0.3 is 4.74 Å². The molecule has 0 unspecified atom stereocenters. The van der Waals surface area contributed by atoms with Gasteiger partial charge in [0, 0.05) is 15.6 Å². The maximum atomic E-state index is 11.9. The van der Waals surface area contributed by atoms with Crippen molar-refractivity contribution in [2.24, 2.45) is 11.1 Å². The second-order valence-corrected chi connectivity index (χ2v) is 6.22. The van der Waals surface area contributed by atoms with Gasteiger partial charge in [-0.3, -0.25) is 9.93 Å². The van der Waals surface area contributed by atoms with E-state index in [1.54, 1.807) is 18.2 Å². The van der Waals surface area contributed by atoms with Gasteiger partial charge >= 0.3 is 5.97 Å². The molecule has 1 atom stereocenters. The Labute approximate surface area is 127 Å². The van der Waals surface area contributed by atoms with Crippen molar-refractivity contribution in [3.8, 4) is 0 Å². The zero-order valence-corrected chi connectivity index (χ0v) is 13.2. The van der Waals surface area contributed by atoms with Gasteiger partial charge in [0.2, 0.25) is 0 Å². The monoisotopic (exact) mass is 321 g/mol. The largest absolute Gasteiger partial charge is 0.460 e. The summed E-state index contributed by atoms with van der Waals surface area (Å²) in [5.74, 6) is 0.0367. The van der Waals surface area contributed by atoms with Gasteiger partial charge in [0.25, 0.3) is 0 Å². The molecule has 0 aliphatic carbocycles. The number of nitrogens with two attached hydrogens (primary N) is 1. The standard InChI is InChI=1S/C13H17Cl2NO2S/c1-8(2)6-12(19-16)13(17)18-7-9-10(14)4-3-5-11(9)15/h3-5,8,12H,6-7,16H2,1-2H3/t12-/m0/s1. The number of carbonyl (C=O) groups is 1. The minimum Gasteiger partial charge on any atom is -0.460 e. The fourth-order valence-corrected chi connectivity index (χ4v) is 2.72. The molecule has 106 valence electrons. The summed E-state index contributed by atoms with van der Waals surface area (Å²) in [7, 11) is 0. The molecular formula is C13H17Cl2NO2S. The van der Waals surface area contributed by atoms with Crippen molar-refractivity contribution < 1.29 is 9.53 Å². The molecule has 0 heterocycles. The predicted molar refractivity (Wildman–Crippen MR) is 81.3 cm³/mol. The summed E-state index contributed by atoms with van der Waals surface area (Å²) < 4.78 is 5.24. The van der Waals surface area contributed by atoms with Crippen molar-refractivity contribution in [1.82, 2.24) is 0 Å². The van der Waals surface area contributed by atoms with Gasteiger partial charge in [0.1, 0.15) is 11.9 Å². The molecule has 0 radical (unpaired) electrons. The molecule has 3 nitrogen and oxygen atoms in total. The van der Waals surface area contributed by atoms with Crippen molar-refractivity contribution >= 4 is 41.1 Å². The SMILES string of the molecule is CC(C)C[C@H](SN)C(=O)OCc1c(Cl)cccc1Cl. The summed E-state index contributed by atoms with van der Waals surface area (Å²) in [5, 5.41) is 6.13. The smallest absolute Gasteiger partial charge is 0.320 e. The van der Waals surface area contributed by atoms with E-state index in [0.717, 1.165) is 11.9 Å². The van der Waals surface area contributed by atoms with Crippen molar-refractivity contribution in [3.05, 3.63) is 33.8 Å². The predicted octanol–water partition coefficient (Wildman–Crippen LogP) is 4.06. The molecule has 0 amide bonds. The Bertz CT molecular complexity index is 420. The van der Waals surface area contributed by atoms with Crippen molar-refractivity contribution in [2.75, 3.05) is 0 Å². The highest BCUT2D eigenvalue weighted by atomic mass is 35.5. The Balaban J connectivity index is 2.63. The maximum Gasteiger partial charge on any atom is 0.320 e. The Morgan fingerprint density at radius 1 is 1.37 bits per heavy atom. The number of esters is 1. The topological polar surface area (TPSA) is 52.3 Å². The van der Waals surface area contributed by atoms with Gasteiger partial charge in [0.15, 0.2) is 0 Å². The van der Waals surface area contributed by atoms with Gasteiger partial charge in [-0.05, 0) is 24.5 Å². The molecule has 2 N–H and O–H groups in total. The van der Waals surface area contributed by atoms with Crippen LogP contribution in [0.3, 0.4) is 0 Å². The lowest BCUT2D eigenvalue weighted by Gasteiger charge is -2.16. The lowest BCUT2D eigenvalue weighted by molar-refractivity contribution is -0.144. The Hall–Kier alpha value is -0.420. The van der Waals surface area contributed by atoms with Crippen LogP contribution in [-0.2, 0) is 16.1 Å². The van der Waals surface area contributed by atoms with Gasteiger partial charge in [-0.15, -0.1) is 0 Å². The summed E-state index contributed by atoms with van der Waals surface area (Å²) in [6.45, 7) is 4.12. The molecule has 1 rings (SSSR count). The van der Waals surface area contributed by atoms with Gasteiger partial charge in [0.05, 0.1) is 0 Å². The van der Waals surface area contributed by atoms with Crippen LogP contribution in [0, 0.1) is 5.92 Å². The van der Waals surface area contributed by atoms with E-state index in [1.165, 1.54) is 0 Å². The summed E-state index contributed by atoms with van der Waals surface area (Å²) in [6.07, 6.45) is 0.677. The number of hydrogen-bond donors (Lipinski definition) is 1. The first-order chi connectivity index (χ1) is 8.95. The number of rotatable bonds is 6. The zero-order chi connectivity index (χ0) is 14.4. The van der Waals surface area contributed by atoms with Crippen molar-refractivity contribution in [2.45, 2.75) is 32.1 Å². The average molecular weight is 322 g/mol. The van der Waals surface area contributed by atoms with E-state index in [4.69, 9.17) is 33.1 Å². The van der Waals surface area contributed by atoms with E-state index in [2.05, 4.69) is 0 Å². The zero-order valence-electron chi connectivity index (χ0n) is 10.9. The molecule has 0 saturated carbocycles. The number of carbonyl (C=O) groups excluding carboxylic acids is 1. The van der Waals surface area contributed by atoms with Crippen LogP contribution in [0.15, 0.2) is 18.2 Å². The number of halogens is 2. The van der Waals surface area contributed by atoms with Gasteiger partial charge in [-0.1, -0.05) is 55.1 Å². The highest BCUT2D eigenvalue weighted by Gasteiger charge is 2.21. The molecular weight excluding hydrogens is 305 g/mol. The van der Waals surface area contributed by atoms with E-state index in [0.29, 0.717) is 27.9 Å². The normalized spacial score (nSPS) is 12.5. The van der Waals surface area contributed by atoms with Crippen molar-refractivity contribution in [1.29, 1.82) is 0 Å². The van der Waals surface area contributed by atoms with E-state index in [-0.39, 0.29) is 17.8 Å². The number of ether oxygens (including phenoxy) is 1. The second kappa shape index (κ2) is 8.00. The number of hydrogen-bond acceptors (Lipinski definition) is 4. The van der Waals surface area contributed by atoms with Crippen LogP contribution in [0.4, 0.5) is 0 Å². The van der Waals surface area contributed by atoms with E-state index >= 15 is 0 Å². The van der Waals surface area contributed by atoms with Gasteiger partial charge in [-0.2, -0.15) is 0 Å². The third kappa shape index (κ3) is 5.22. The molecule has 1 aromatic rings. The number of benzene rings is 1. The molecule has 0 fully saturated rings. The fourth-order valence-electron chi connectivity index (χ4n) is 1.54. The lowest BCUT2D eigenvalue weighted by Crippen LogP contribution is -2.23. The van der Waals surface area contributed by atoms with Gasteiger partial charge in [-0.25, -0.2) is 0 Å². The third-order valence-corrected chi connectivity index (χ3v) is 3.95. The molecule has 19 heavy (non-hydrogen) atoms. The van der Waals surface area contributed by atoms with Crippen LogP contribution in [0.1, 0.15) is 25.8 Å². The first-order valence-electron chi connectivity index (χ1n) is 5.90. The molecule has 1 aromatic carbocycles. The van der Waals surface area contributed by atoms with E-state index in [1.807, 2.05) is 13.8 Å². The van der Waals surface area contributed by atoms with Crippen LogP contribution >= 0.6 is 35.1 Å². The van der Waals surface area contributed by atoms with E-state index < -0.39 is 0 Å². The third-order valence-electron chi connectivity index (χ3n) is 2.53. The van der Waals surface area contributed by atoms with Crippen molar-refractivity contribution in [3.63, 3.8) is 0 Å². The highest BCUT2D eigenvalue weighted by Crippen LogP contribution is 2.25. The van der Waals surface area contributed by atoms with E-state index in [9.17, 15) is 4.79 Å². The molecule has 0 aliphatic rings. The lowest BCUT2D eigenvalue weighted by atomic mass is 10.1. The van der Waals surface area contributed by atoms with Crippen LogP contribution < -0.4 is 5.14 Å². The van der Waals surface area contributed by atoms with Crippen LogP contribution in [0.2, 0.25) is 10.0 Å². The van der Waals surface area contributed by atoms with Crippen LogP contribution in [0.5, 0.6) is 0 Å². The van der Waals surface area contributed by atoms with Crippen LogP contribution in [-0.4, -0.2) is 11.2 Å². The molecule has 0 bridgehead atoms. The molecule has 0 aliphatic heterocycles. The second-order valence-electron chi connectivity index (χ2n) is 4.56. The average Bonchev–Trinajstić information content (AvgIpc) is 2.34. The first kappa shape index (κ1) is 16.6. The first-order valence-corrected chi connectivity index (χ1v) is 7.60. The fraction of sp³-hybridized carbons (Fsp3) is 0.462. The molecule has 0 spiro atoms. The Morgan fingerprint density at radius 3 is 2.42 bits per heavy atom. The maximum absolute atomic E-state index is 11.9. The molecule has 0 aromatic heterocycles. The highest BCUT2D eigenvalue weighted by molar-refractivity contribution is 7.98.